The number of carbonyl (C=O) groups is 9. The summed E-state index contributed by atoms with van der Waals surface area (Å²) >= 11 is 12.3. The molecule has 0 aromatic carbocycles. The first kappa shape index (κ1) is 58.8. The van der Waals surface area contributed by atoms with E-state index in [1.807, 2.05) is 0 Å². The fraction of sp³-hybridized carbons (Fsp3) is 0.694. The maximum atomic E-state index is 13.5. The van der Waals surface area contributed by atoms with Crippen molar-refractivity contribution in [2.24, 2.45) is 50.5 Å². The van der Waals surface area contributed by atoms with Gasteiger partial charge in [0.05, 0.1) is 19.1 Å². The lowest BCUT2D eigenvalue weighted by atomic mass is 9.97. The molecule has 0 radical (unpaired) electrons. The number of thiol groups is 3. The van der Waals surface area contributed by atoms with Crippen LogP contribution < -0.4 is 71.2 Å². The molecule has 64 heavy (non-hydrogen) atoms. The van der Waals surface area contributed by atoms with Crippen molar-refractivity contribution in [3.8, 4) is 0 Å². The Bertz CT molecular complexity index is 1650. The summed E-state index contributed by atoms with van der Waals surface area (Å²) in [5, 5.41) is 28.8. The van der Waals surface area contributed by atoms with Crippen molar-refractivity contribution in [3.05, 3.63) is 0 Å². The molecule has 364 valence electrons. The number of nitrogens with zero attached hydrogens (tertiary/aromatic N) is 2. The van der Waals surface area contributed by atoms with E-state index < -0.39 is 120 Å². The monoisotopic (exact) mass is 965 g/mol. The van der Waals surface area contributed by atoms with Crippen molar-refractivity contribution in [2.75, 3.05) is 43.4 Å². The van der Waals surface area contributed by atoms with Crippen molar-refractivity contribution in [1.29, 1.82) is 0 Å². The van der Waals surface area contributed by atoms with Gasteiger partial charge in [0.25, 0.3) is 0 Å². The third kappa shape index (κ3) is 23.5. The van der Waals surface area contributed by atoms with Gasteiger partial charge in [-0.15, -0.1) is 0 Å². The van der Waals surface area contributed by atoms with Crippen LogP contribution in [-0.4, -0.2) is 156 Å². The number of hydrogen-bond acceptors (Lipinski definition) is 15. The highest BCUT2D eigenvalue weighted by Crippen LogP contribution is 2.10. The van der Waals surface area contributed by atoms with Gasteiger partial charge >= 0.3 is 5.97 Å². The Labute approximate surface area is 388 Å². The Morgan fingerprint density at radius 2 is 0.984 bits per heavy atom. The van der Waals surface area contributed by atoms with Gasteiger partial charge in [0.15, 0.2) is 11.9 Å². The molecule has 0 aromatic heterocycles. The first-order chi connectivity index (χ1) is 30.0. The number of rotatable bonds is 31. The summed E-state index contributed by atoms with van der Waals surface area (Å²) in [5.41, 5.74) is 27.3. The van der Waals surface area contributed by atoms with E-state index >= 15 is 0 Å². The first-order valence-corrected chi connectivity index (χ1v) is 22.2. The Balaban J connectivity index is 5.66. The van der Waals surface area contributed by atoms with Crippen LogP contribution in [0.5, 0.6) is 0 Å². The number of guanidine groups is 2. The third-order valence-electron chi connectivity index (χ3n) is 9.23. The molecule has 0 unspecified atom stereocenters. The molecule has 0 fully saturated rings. The van der Waals surface area contributed by atoms with E-state index in [9.17, 15) is 48.3 Å². The smallest absolute Gasteiger partial charge is 0.327 e. The maximum absolute atomic E-state index is 13.5. The molecular weight excluding hydrogens is 899 g/mol. The molecule has 8 atom stereocenters. The topological polar surface area (TPSA) is 425 Å². The zero-order valence-corrected chi connectivity index (χ0v) is 39.1. The summed E-state index contributed by atoms with van der Waals surface area (Å²) in [6.45, 7) is 5.71. The quantitative estimate of drug-likeness (QED) is 0.0133. The Morgan fingerprint density at radius 3 is 1.45 bits per heavy atom. The van der Waals surface area contributed by atoms with Gasteiger partial charge in [-0.2, -0.15) is 37.9 Å². The second kappa shape index (κ2) is 31.6. The minimum absolute atomic E-state index is 0.0233. The summed E-state index contributed by atoms with van der Waals surface area (Å²) in [4.78, 5) is 123. The average Bonchev–Trinajstić information content (AvgIpc) is 3.24. The summed E-state index contributed by atoms with van der Waals surface area (Å²) in [6, 6.07) is -8.38. The zero-order chi connectivity index (χ0) is 49.1. The lowest BCUT2D eigenvalue weighted by molar-refractivity contribution is -0.141. The summed E-state index contributed by atoms with van der Waals surface area (Å²) in [7, 11) is 0. The van der Waals surface area contributed by atoms with E-state index in [1.165, 1.54) is 0 Å². The van der Waals surface area contributed by atoms with Gasteiger partial charge in [0, 0.05) is 30.3 Å². The molecule has 0 saturated heterocycles. The number of aliphatic carboxylic acids is 1. The van der Waals surface area contributed by atoms with Gasteiger partial charge in [-0.1, -0.05) is 34.1 Å². The molecule has 0 saturated carbocycles. The van der Waals surface area contributed by atoms with E-state index in [0.29, 0.717) is 12.8 Å². The Morgan fingerprint density at radius 1 is 0.547 bits per heavy atom. The molecule has 0 aliphatic rings. The second-order valence-corrected chi connectivity index (χ2v) is 15.9. The highest BCUT2D eigenvalue weighted by atomic mass is 32.1. The fourth-order valence-electron chi connectivity index (χ4n) is 5.34. The van der Waals surface area contributed by atoms with Crippen LogP contribution in [0.1, 0.15) is 59.8 Å². The predicted octanol–water partition coefficient (Wildman–Crippen LogP) is -5.86. The summed E-state index contributed by atoms with van der Waals surface area (Å²) < 4.78 is 0. The van der Waals surface area contributed by atoms with E-state index in [1.54, 1.807) is 27.7 Å². The lowest BCUT2D eigenvalue weighted by Crippen LogP contribution is -2.60. The zero-order valence-electron chi connectivity index (χ0n) is 36.4. The number of nitrogens with one attached hydrogen (secondary N) is 8. The van der Waals surface area contributed by atoms with Crippen molar-refractivity contribution in [2.45, 2.75) is 102 Å². The standard InChI is InChI=1S/C36H67N15O10S3/c1-5-18(4)27(51-31(57)22(15-63)47-28(54)19(37)8-6-10-42-35(38)39)33(59)48-21(14-62)30(56)45-12-24(52)46-20(9-7-11-43-36(40)41)29(55)44-13-25(53)50-26(17(2)3)32(58)49-23(16-64)34(60)61/h17-23,26-27,62-64H,5-16,37H2,1-4H3,(H,44,55)(H,45,56)(H,46,52)(H,47,54)(H,48,59)(H,49,58)(H,50,53)(H,51,57)(H,60,61)(H4,38,39,42)(H4,40,41,43)/t18-,19-,20-,21-,22-,23-,26-,27-/m0/s1. The van der Waals surface area contributed by atoms with Crippen LogP contribution >= 0.6 is 37.9 Å². The van der Waals surface area contributed by atoms with Crippen molar-refractivity contribution in [3.63, 3.8) is 0 Å². The lowest BCUT2D eigenvalue weighted by Gasteiger charge is -2.28. The Hall–Kier alpha value is -5.22. The molecule has 8 amide bonds. The van der Waals surface area contributed by atoms with E-state index in [0.717, 1.165) is 0 Å². The van der Waals surface area contributed by atoms with Gasteiger partial charge < -0.3 is 76.3 Å². The molecule has 25 nitrogen and oxygen atoms in total. The first-order valence-electron chi connectivity index (χ1n) is 20.3. The molecule has 0 bridgehead atoms. The maximum Gasteiger partial charge on any atom is 0.327 e. The van der Waals surface area contributed by atoms with Gasteiger partial charge in [0.2, 0.25) is 47.3 Å². The number of carbonyl (C=O) groups excluding carboxylic acids is 8. The summed E-state index contributed by atoms with van der Waals surface area (Å²) in [5.74, 6) is -9.33. The molecule has 19 N–H and O–H groups in total. The molecule has 0 aliphatic carbocycles. The Kier molecular flexibility index (Phi) is 29.0. The highest BCUT2D eigenvalue weighted by molar-refractivity contribution is 7.80. The van der Waals surface area contributed by atoms with Crippen LogP contribution in [0.2, 0.25) is 0 Å². The number of hydrogen-bond donors (Lipinski definition) is 17. The van der Waals surface area contributed by atoms with Crippen molar-refractivity contribution >= 4 is 103 Å². The molecule has 0 rings (SSSR count). The molecule has 0 aliphatic heterocycles. The largest absolute Gasteiger partial charge is 0.480 e. The minimum atomic E-state index is -1.32. The van der Waals surface area contributed by atoms with E-state index in [2.05, 4.69) is 90.4 Å². The molecule has 28 heteroatoms. The van der Waals surface area contributed by atoms with Gasteiger partial charge in [-0.3, -0.25) is 48.3 Å². The van der Waals surface area contributed by atoms with Gasteiger partial charge in [-0.05, 0) is 37.5 Å². The minimum Gasteiger partial charge on any atom is -0.480 e. The molecule has 0 spiro atoms. The van der Waals surface area contributed by atoms with Crippen molar-refractivity contribution < 1.29 is 48.3 Å². The third-order valence-corrected chi connectivity index (χ3v) is 10.3. The van der Waals surface area contributed by atoms with Crippen LogP contribution in [0.25, 0.3) is 0 Å². The fourth-order valence-corrected chi connectivity index (χ4v) is 6.10. The average molecular weight is 966 g/mol. The summed E-state index contributed by atoms with van der Waals surface area (Å²) in [6.07, 6.45) is 1.20. The normalized spacial score (nSPS) is 14.6. The number of nitrogens with two attached hydrogens (primary N) is 5. The predicted molar refractivity (Wildman–Crippen MR) is 249 cm³/mol. The number of aliphatic imine (C=N–C) groups is 2. The number of carboxylic acid groups (broad SMARTS) is 1. The second-order valence-electron chi connectivity index (χ2n) is 14.8. The van der Waals surface area contributed by atoms with Gasteiger partial charge in [-0.25, -0.2) is 4.79 Å². The van der Waals surface area contributed by atoms with Crippen LogP contribution in [0.3, 0.4) is 0 Å². The highest BCUT2D eigenvalue weighted by Gasteiger charge is 2.33. The molecular formula is C36H67N15O10S3. The van der Waals surface area contributed by atoms with Crippen LogP contribution in [0, 0.1) is 11.8 Å². The SMILES string of the molecule is CC[C@H](C)[C@H](NC(=O)[C@H](CS)NC(=O)[C@@H](N)CCCN=C(N)N)C(=O)N[C@@H](CS)C(=O)NCC(=O)N[C@@H](CCCN=C(N)N)C(=O)NCC(=O)N[C@H](C(=O)N[C@@H](CS)C(=O)O)C(C)C. The number of carboxylic acids is 1. The van der Waals surface area contributed by atoms with Crippen molar-refractivity contribution in [1.82, 2.24) is 42.5 Å². The van der Waals surface area contributed by atoms with Crippen LogP contribution in [-0.2, 0) is 43.2 Å². The van der Waals surface area contributed by atoms with E-state index in [4.69, 9.17) is 28.7 Å². The van der Waals surface area contributed by atoms with Crippen LogP contribution in [0.4, 0.5) is 0 Å². The molecule has 0 aromatic rings. The van der Waals surface area contributed by atoms with Gasteiger partial charge in [0.1, 0.15) is 36.3 Å². The molecule has 0 heterocycles. The van der Waals surface area contributed by atoms with Crippen LogP contribution in [0.15, 0.2) is 9.98 Å². The van der Waals surface area contributed by atoms with E-state index in [-0.39, 0.29) is 61.5 Å². The number of amides is 8.